The van der Waals surface area contributed by atoms with E-state index in [-0.39, 0.29) is 35.7 Å². The molecule has 162 valence electrons. The summed E-state index contributed by atoms with van der Waals surface area (Å²) in [4.78, 5) is 29.9. The van der Waals surface area contributed by atoms with Crippen LogP contribution in [0.3, 0.4) is 0 Å². The van der Waals surface area contributed by atoms with Gasteiger partial charge in [-0.05, 0) is 42.0 Å². The van der Waals surface area contributed by atoms with Gasteiger partial charge in [-0.3, -0.25) is 4.79 Å². The number of carbonyl (C=O) groups excluding carboxylic acids is 2. The van der Waals surface area contributed by atoms with Crippen LogP contribution in [0.25, 0.3) is 0 Å². The summed E-state index contributed by atoms with van der Waals surface area (Å²) in [5.74, 6) is -1.60. The van der Waals surface area contributed by atoms with Crippen LogP contribution in [0.15, 0.2) is 36.4 Å². The lowest BCUT2D eigenvalue weighted by atomic mass is 9.96. The lowest BCUT2D eigenvalue weighted by molar-refractivity contribution is -0.138. The number of anilines is 1. The molecule has 2 aromatic rings. The Hall–Kier alpha value is -2.96. The van der Waals surface area contributed by atoms with E-state index in [1.165, 1.54) is 22.1 Å². The summed E-state index contributed by atoms with van der Waals surface area (Å²) in [5, 5.41) is 2.64. The van der Waals surface area contributed by atoms with Crippen molar-refractivity contribution in [2.45, 2.75) is 51.2 Å². The average molecular weight is 425 g/mol. The third kappa shape index (κ3) is 3.18. The minimum Gasteiger partial charge on any atom is -0.333 e. The molecule has 7 heteroatoms. The van der Waals surface area contributed by atoms with Gasteiger partial charge in [0.25, 0.3) is 0 Å². The minimum atomic E-state index is -0.979. The Kier molecular flexibility index (Phi) is 4.72. The molecular weight excluding hydrogens is 400 g/mol. The van der Waals surface area contributed by atoms with Crippen LogP contribution < -0.4 is 5.32 Å². The topological polar surface area (TPSA) is 52.7 Å². The number of likely N-dealkylation sites (tertiary alicyclic amines) is 1. The predicted molar refractivity (Wildman–Crippen MR) is 112 cm³/mol. The van der Waals surface area contributed by atoms with E-state index in [0.717, 1.165) is 12.5 Å². The van der Waals surface area contributed by atoms with Crippen LogP contribution in [0.2, 0.25) is 0 Å². The molecule has 1 fully saturated rings. The normalized spacial score (nSPS) is 22.4. The van der Waals surface area contributed by atoms with Crippen LogP contribution in [0.5, 0.6) is 0 Å². The van der Waals surface area contributed by atoms with Crippen molar-refractivity contribution in [2.75, 3.05) is 11.9 Å². The second-order valence-corrected chi connectivity index (χ2v) is 9.16. The van der Waals surface area contributed by atoms with Gasteiger partial charge in [-0.2, -0.15) is 0 Å². The van der Waals surface area contributed by atoms with E-state index < -0.39 is 23.7 Å². The molecule has 2 bridgehead atoms. The van der Waals surface area contributed by atoms with Gasteiger partial charge >= 0.3 is 6.03 Å². The summed E-state index contributed by atoms with van der Waals surface area (Å²) < 4.78 is 28.3. The Labute approximate surface area is 180 Å². The molecule has 31 heavy (non-hydrogen) atoms. The predicted octanol–water partition coefficient (Wildman–Crippen LogP) is 4.80. The number of amides is 3. The quantitative estimate of drug-likeness (QED) is 0.765. The average Bonchev–Trinajstić information content (AvgIpc) is 3.34. The zero-order valence-corrected chi connectivity index (χ0v) is 17.6. The zero-order chi connectivity index (χ0) is 21.9. The Bertz CT molecular complexity index is 1070. The Balaban J connectivity index is 1.46. The largest absolute Gasteiger partial charge is 0.333 e. The summed E-state index contributed by atoms with van der Waals surface area (Å²) >= 11 is 0. The molecule has 3 aliphatic rings. The van der Waals surface area contributed by atoms with Crippen LogP contribution in [0.4, 0.5) is 19.3 Å². The molecule has 3 atom stereocenters. The maximum atomic E-state index is 14.5. The number of halogens is 2. The second kappa shape index (κ2) is 7.32. The molecule has 5 rings (SSSR count). The fourth-order valence-corrected chi connectivity index (χ4v) is 5.33. The van der Waals surface area contributed by atoms with Crippen molar-refractivity contribution < 1.29 is 18.4 Å². The highest BCUT2D eigenvalue weighted by Crippen LogP contribution is 2.50. The minimum absolute atomic E-state index is 0.0117. The van der Waals surface area contributed by atoms with E-state index in [1.807, 2.05) is 30.9 Å². The highest BCUT2D eigenvalue weighted by atomic mass is 19.2. The Morgan fingerprint density at radius 1 is 1.16 bits per heavy atom. The molecule has 1 aliphatic carbocycles. The molecule has 1 N–H and O–H groups in total. The smallest absolute Gasteiger partial charge is 0.322 e. The number of nitrogens with zero attached hydrogens (tertiary/aromatic N) is 2. The van der Waals surface area contributed by atoms with Gasteiger partial charge in [-0.1, -0.05) is 38.1 Å². The second-order valence-electron chi connectivity index (χ2n) is 9.16. The fraction of sp³-hybridized carbons (Fsp3) is 0.417. The van der Waals surface area contributed by atoms with E-state index in [0.29, 0.717) is 18.9 Å². The van der Waals surface area contributed by atoms with Crippen molar-refractivity contribution in [3.63, 3.8) is 0 Å². The van der Waals surface area contributed by atoms with Crippen molar-refractivity contribution >= 4 is 17.6 Å². The molecule has 0 spiro atoms. The van der Waals surface area contributed by atoms with E-state index in [2.05, 4.69) is 17.4 Å². The number of hydrogen-bond acceptors (Lipinski definition) is 2. The molecule has 0 saturated carbocycles. The molecule has 3 amide bonds. The molecule has 0 radical (unpaired) electrons. The van der Waals surface area contributed by atoms with Gasteiger partial charge in [0.1, 0.15) is 6.04 Å². The van der Waals surface area contributed by atoms with Gasteiger partial charge in [-0.15, -0.1) is 0 Å². The molecule has 0 aromatic heterocycles. The van der Waals surface area contributed by atoms with Gasteiger partial charge in [0.2, 0.25) is 5.91 Å². The van der Waals surface area contributed by atoms with E-state index in [1.54, 1.807) is 0 Å². The number of rotatable bonds is 4. The van der Waals surface area contributed by atoms with Crippen molar-refractivity contribution in [1.82, 2.24) is 9.80 Å². The van der Waals surface area contributed by atoms with Gasteiger partial charge in [0.05, 0.1) is 18.3 Å². The van der Waals surface area contributed by atoms with Crippen LogP contribution in [-0.2, 0) is 11.3 Å². The molecule has 5 nitrogen and oxygen atoms in total. The maximum absolute atomic E-state index is 14.5. The molecule has 0 unspecified atom stereocenters. The van der Waals surface area contributed by atoms with Crippen LogP contribution >= 0.6 is 0 Å². The van der Waals surface area contributed by atoms with Crippen molar-refractivity contribution in [1.29, 1.82) is 0 Å². The van der Waals surface area contributed by atoms with Crippen LogP contribution in [-0.4, -0.2) is 34.3 Å². The number of carbonyl (C=O) groups is 2. The first kappa shape index (κ1) is 20.0. The molecule has 1 saturated heterocycles. The third-order valence-electron chi connectivity index (χ3n) is 6.76. The summed E-state index contributed by atoms with van der Waals surface area (Å²) in [6, 6.07) is 9.38. The fourth-order valence-electron chi connectivity index (χ4n) is 5.33. The van der Waals surface area contributed by atoms with Gasteiger partial charge in [-0.25, -0.2) is 13.6 Å². The summed E-state index contributed by atoms with van der Waals surface area (Å²) in [6.45, 7) is 4.47. The summed E-state index contributed by atoms with van der Waals surface area (Å²) in [5.41, 5.74) is 2.82. The summed E-state index contributed by atoms with van der Waals surface area (Å²) in [6.07, 6.45) is 1.35. The number of nitrogens with one attached hydrogen (secondary N) is 1. The van der Waals surface area contributed by atoms with Gasteiger partial charge < -0.3 is 15.1 Å². The molecule has 2 heterocycles. The Morgan fingerprint density at radius 3 is 2.65 bits per heavy atom. The lowest BCUT2D eigenvalue weighted by Crippen LogP contribution is -2.54. The molecular formula is C24H25F2N3O2. The number of hydrogen-bond donors (Lipinski definition) is 1. The SMILES string of the molecule is CC(C)C[C@@H](C(=O)N1C[C@@H]2C[C@H]1c1ccccc12)N1Cc2c(ccc(F)c2F)NC1=O. The van der Waals surface area contributed by atoms with Gasteiger partial charge in [0, 0.05) is 18.0 Å². The Morgan fingerprint density at radius 2 is 1.90 bits per heavy atom. The first-order chi connectivity index (χ1) is 14.8. The first-order valence-electron chi connectivity index (χ1n) is 10.8. The highest BCUT2D eigenvalue weighted by Gasteiger charge is 2.47. The van der Waals surface area contributed by atoms with Crippen LogP contribution in [0.1, 0.15) is 55.3 Å². The zero-order valence-electron chi connectivity index (χ0n) is 17.6. The first-order valence-corrected chi connectivity index (χ1v) is 10.8. The number of fused-ring (bicyclic) bond motifs is 6. The third-order valence-corrected chi connectivity index (χ3v) is 6.76. The van der Waals surface area contributed by atoms with Gasteiger partial charge in [0.15, 0.2) is 11.6 Å². The van der Waals surface area contributed by atoms with E-state index >= 15 is 0 Å². The highest BCUT2D eigenvalue weighted by molar-refractivity contribution is 5.96. The summed E-state index contributed by atoms with van der Waals surface area (Å²) in [7, 11) is 0. The maximum Gasteiger partial charge on any atom is 0.322 e. The van der Waals surface area contributed by atoms with Crippen molar-refractivity contribution in [3.8, 4) is 0 Å². The van der Waals surface area contributed by atoms with E-state index in [4.69, 9.17) is 0 Å². The molecule has 2 aromatic carbocycles. The number of urea groups is 1. The standard InChI is InChI=1S/C24H25F2N3O2/c1-13(2)9-21(29-12-17-19(27-24(29)31)8-7-18(25)22(17)26)23(30)28-11-14-10-20(28)16-6-4-3-5-15(14)16/h3-8,13-14,20-21H,9-12H2,1-2H3,(H,27,31)/t14-,20-,21-/m0/s1. The lowest BCUT2D eigenvalue weighted by Gasteiger charge is -2.39. The molecule has 2 aliphatic heterocycles. The monoisotopic (exact) mass is 425 g/mol. The van der Waals surface area contributed by atoms with Crippen molar-refractivity contribution in [3.05, 3.63) is 64.7 Å². The van der Waals surface area contributed by atoms with Crippen molar-refractivity contribution in [2.24, 2.45) is 5.92 Å². The van der Waals surface area contributed by atoms with Crippen LogP contribution in [0, 0.1) is 17.6 Å². The number of benzene rings is 2. The van der Waals surface area contributed by atoms with E-state index in [9.17, 15) is 18.4 Å².